The van der Waals surface area contributed by atoms with E-state index in [2.05, 4.69) is 0 Å². The molecule has 2 aromatic carbocycles. The van der Waals surface area contributed by atoms with Gasteiger partial charge in [-0.2, -0.15) is 0 Å². The predicted octanol–water partition coefficient (Wildman–Crippen LogP) is 3.98. The average molecular weight is 328 g/mol. The number of aliphatic hydroxyl groups is 1. The van der Waals surface area contributed by atoms with Crippen molar-refractivity contribution in [1.82, 2.24) is 0 Å². The lowest BCUT2D eigenvalue weighted by molar-refractivity contribution is 0.0487. The Hall–Kier alpha value is -1.91. The molecule has 0 heterocycles. The quantitative estimate of drug-likeness (QED) is 0.643. The topological polar surface area (TPSA) is 54.4 Å². The molecule has 0 aliphatic carbocycles. The number of rotatable bonds is 6. The lowest BCUT2D eigenvalue weighted by Gasteiger charge is -2.17. The van der Waals surface area contributed by atoms with Crippen molar-refractivity contribution < 1.29 is 14.7 Å². The molecule has 0 spiro atoms. The molecule has 0 amide bonds. The molecular formula is C19H20O3S. The molecule has 0 fully saturated rings. The molecule has 2 rings (SSSR count). The van der Waals surface area contributed by atoms with Crippen LogP contribution < -0.4 is 0 Å². The molecule has 0 radical (unpaired) electrons. The molecule has 23 heavy (non-hydrogen) atoms. The number of thioether (sulfide) groups is 1. The number of hydrogen-bond donors (Lipinski definition) is 1. The first-order valence-electron chi connectivity index (χ1n) is 7.48. The Labute approximate surface area is 140 Å². The number of carbonyl (C=O) groups is 2. The van der Waals surface area contributed by atoms with Crippen molar-refractivity contribution in [3.05, 3.63) is 65.2 Å². The number of carbonyl (C=O) groups excluding carboxylic acids is 2. The van der Waals surface area contributed by atoms with Crippen molar-refractivity contribution in [2.75, 3.05) is 5.75 Å². The Balaban J connectivity index is 2.45. The lowest BCUT2D eigenvalue weighted by atomic mass is 9.94. The average Bonchev–Trinajstić information content (AvgIpc) is 2.54. The molecule has 3 nitrogen and oxygen atoms in total. The highest BCUT2D eigenvalue weighted by Gasteiger charge is 2.26. The maximum Gasteiger partial charge on any atom is 0.194 e. The summed E-state index contributed by atoms with van der Waals surface area (Å²) >= 11 is 1.51. The van der Waals surface area contributed by atoms with Crippen molar-refractivity contribution in [2.24, 2.45) is 0 Å². The summed E-state index contributed by atoms with van der Waals surface area (Å²) in [4.78, 5) is 25.7. The van der Waals surface area contributed by atoms with Crippen molar-refractivity contribution in [3.8, 4) is 0 Å². The molecule has 0 unspecified atom stereocenters. The number of hydrogen-bond acceptors (Lipinski definition) is 4. The second kappa shape index (κ2) is 7.11. The Morgan fingerprint density at radius 3 is 2.26 bits per heavy atom. The van der Waals surface area contributed by atoms with Crippen LogP contribution in [0.5, 0.6) is 0 Å². The standard InChI is InChI=1S/C19H20O3S/c1-4-23-16-12-14(18(21)19(2,3)22)10-11-15(16)17(20)13-8-6-5-7-9-13/h5-12,22H,4H2,1-3H3. The summed E-state index contributed by atoms with van der Waals surface area (Å²) in [6.45, 7) is 4.92. The SMILES string of the molecule is CCSc1cc(C(=O)C(C)(C)O)ccc1C(=O)c1ccccc1. The number of ketones is 2. The van der Waals surface area contributed by atoms with Crippen LogP contribution in [0, 0.1) is 0 Å². The van der Waals surface area contributed by atoms with Crippen LogP contribution in [0.25, 0.3) is 0 Å². The highest BCUT2D eigenvalue weighted by Crippen LogP contribution is 2.27. The Morgan fingerprint density at radius 1 is 1.04 bits per heavy atom. The van der Waals surface area contributed by atoms with Crippen LogP contribution in [0.4, 0.5) is 0 Å². The Kier molecular flexibility index (Phi) is 5.39. The van der Waals surface area contributed by atoms with Crippen molar-refractivity contribution in [1.29, 1.82) is 0 Å². The van der Waals surface area contributed by atoms with E-state index < -0.39 is 5.60 Å². The first kappa shape index (κ1) is 17.4. The van der Waals surface area contributed by atoms with E-state index in [1.54, 1.807) is 30.3 Å². The Bertz CT molecular complexity index is 715. The molecule has 4 heteroatoms. The van der Waals surface area contributed by atoms with Gasteiger partial charge >= 0.3 is 0 Å². The van der Waals surface area contributed by atoms with Crippen LogP contribution in [0.1, 0.15) is 47.1 Å². The minimum Gasteiger partial charge on any atom is -0.382 e. The van der Waals surface area contributed by atoms with Gasteiger partial charge in [-0.1, -0.05) is 43.3 Å². The summed E-state index contributed by atoms with van der Waals surface area (Å²) in [7, 11) is 0. The monoisotopic (exact) mass is 328 g/mol. The zero-order valence-electron chi connectivity index (χ0n) is 13.5. The van der Waals surface area contributed by atoms with Crippen LogP contribution in [0.3, 0.4) is 0 Å². The fourth-order valence-electron chi connectivity index (χ4n) is 2.22. The van der Waals surface area contributed by atoms with E-state index in [0.717, 1.165) is 10.6 Å². The van der Waals surface area contributed by atoms with Crippen molar-refractivity contribution in [3.63, 3.8) is 0 Å². The fourth-order valence-corrected chi connectivity index (χ4v) is 3.06. The summed E-state index contributed by atoms with van der Waals surface area (Å²) < 4.78 is 0. The van der Waals surface area contributed by atoms with E-state index in [0.29, 0.717) is 16.7 Å². The molecule has 0 aromatic heterocycles. The van der Waals surface area contributed by atoms with E-state index in [1.165, 1.54) is 25.6 Å². The summed E-state index contributed by atoms with van der Waals surface area (Å²) in [5, 5.41) is 9.89. The second-order valence-electron chi connectivity index (χ2n) is 5.73. The highest BCUT2D eigenvalue weighted by molar-refractivity contribution is 7.99. The third-order valence-electron chi connectivity index (χ3n) is 3.38. The molecule has 0 atom stereocenters. The van der Waals surface area contributed by atoms with Crippen LogP contribution in [-0.2, 0) is 0 Å². The van der Waals surface area contributed by atoms with Crippen LogP contribution in [0.15, 0.2) is 53.4 Å². The van der Waals surface area contributed by atoms with E-state index >= 15 is 0 Å². The van der Waals surface area contributed by atoms with E-state index in [9.17, 15) is 14.7 Å². The summed E-state index contributed by atoms with van der Waals surface area (Å²) in [5.74, 6) is 0.368. The molecule has 0 aliphatic rings. The first-order chi connectivity index (χ1) is 10.8. The molecule has 2 aromatic rings. The van der Waals surface area contributed by atoms with Gasteiger partial charge in [-0.25, -0.2) is 0 Å². The zero-order valence-corrected chi connectivity index (χ0v) is 14.3. The smallest absolute Gasteiger partial charge is 0.194 e. The fraction of sp³-hybridized carbons (Fsp3) is 0.263. The molecule has 0 aliphatic heterocycles. The van der Waals surface area contributed by atoms with Gasteiger partial charge in [-0.3, -0.25) is 9.59 Å². The molecule has 120 valence electrons. The van der Waals surface area contributed by atoms with Gasteiger partial charge in [-0.05, 0) is 31.7 Å². The number of benzene rings is 2. The maximum atomic E-state index is 12.7. The van der Waals surface area contributed by atoms with Gasteiger partial charge in [-0.15, -0.1) is 11.8 Å². The second-order valence-corrected chi connectivity index (χ2v) is 7.03. The predicted molar refractivity (Wildman–Crippen MR) is 93.3 cm³/mol. The van der Waals surface area contributed by atoms with Gasteiger partial charge in [0.2, 0.25) is 0 Å². The van der Waals surface area contributed by atoms with E-state index in [-0.39, 0.29) is 11.6 Å². The van der Waals surface area contributed by atoms with Crippen molar-refractivity contribution in [2.45, 2.75) is 31.3 Å². The maximum absolute atomic E-state index is 12.7. The van der Waals surface area contributed by atoms with E-state index in [4.69, 9.17) is 0 Å². The van der Waals surface area contributed by atoms with Gasteiger partial charge in [0.1, 0.15) is 5.60 Å². The normalized spacial score (nSPS) is 11.3. The van der Waals surface area contributed by atoms with Crippen LogP contribution in [0.2, 0.25) is 0 Å². The third-order valence-corrected chi connectivity index (χ3v) is 4.32. The third kappa shape index (κ3) is 4.09. The zero-order chi connectivity index (χ0) is 17.0. The van der Waals surface area contributed by atoms with Gasteiger partial charge in [0.15, 0.2) is 11.6 Å². The van der Waals surface area contributed by atoms with Gasteiger partial charge in [0.05, 0.1) is 0 Å². The van der Waals surface area contributed by atoms with Gasteiger partial charge in [0, 0.05) is 21.6 Å². The largest absolute Gasteiger partial charge is 0.382 e. The molecule has 0 saturated heterocycles. The summed E-state index contributed by atoms with van der Waals surface area (Å²) in [5.41, 5.74) is 0.180. The van der Waals surface area contributed by atoms with Crippen molar-refractivity contribution >= 4 is 23.3 Å². The minimum absolute atomic E-state index is 0.0659. The van der Waals surface area contributed by atoms with E-state index in [1.807, 2.05) is 25.1 Å². The molecular weight excluding hydrogens is 308 g/mol. The Morgan fingerprint density at radius 2 is 1.70 bits per heavy atom. The molecule has 0 bridgehead atoms. The summed E-state index contributed by atoms with van der Waals surface area (Å²) in [6, 6.07) is 14.0. The first-order valence-corrected chi connectivity index (χ1v) is 8.47. The van der Waals surface area contributed by atoms with Crippen LogP contribution in [-0.4, -0.2) is 28.0 Å². The molecule has 1 N–H and O–H groups in total. The van der Waals surface area contributed by atoms with Gasteiger partial charge < -0.3 is 5.11 Å². The number of Topliss-reactive ketones (excluding diaryl/α,β-unsaturated/α-hetero) is 1. The summed E-state index contributed by atoms with van der Waals surface area (Å²) in [6.07, 6.45) is 0. The molecule has 0 saturated carbocycles. The lowest BCUT2D eigenvalue weighted by Crippen LogP contribution is -2.31. The highest BCUT2D eigenvalue weighted by atomic mass is 32.2. The minimum atomic E-state index is -1.43. The van der Waals surface area contributed by atoms with Crippen LogP contribution >= 0.6 is 11.8 Å². The van der Waals surface area contributed by atoms with Gasteiger partial charge in [0.25, 0.3) is 0 Å².